The highest BCUT2D eigenvalue weighted by Crippen LogP contribution is 2.20. The SMILES string of the molecule is CCC(C)(CNC(=O)Cc1cccc(O)c1)C(=O)O. The van der Waals surface area contributed by atoms with Crippen LogP contribution >= 0.6 is 0 Å². The maximum absolute atomic E-state index is 11.7. The van der Waals surface area contributed by atoms with Crippen LogP contribution in [0.25, 0.3) is 0 Å². The van der Waals surface area contributed by atoms with Crippen LogP contribution in [0.15, 0.2) is 24.3 Å². The van der Waals surface area contributed by atoms with Gasteiger partial charge in [-0.3, -0.25) is 9.59 Å². The molecule has 0 aliphatic heterocycles. The van der Waals surface area contributed by atoms with Crippen molar-refractivity contribution in [2.75, 3.05) is 6.54 Å². The summed E-state index contributed by atoms with van der Waals surface area (Å²) in [4.78, 5) is 22.8. The molecular weight excluding hydrogens is 246 g/mol. The molecule has 0 radical (unpaired) electrons. The van der Waals surface area contributed by atoms with Gasteiger partial charge in [0, 0.05) is 6.54 Å². The number of carbonyl (C=O) groups is 2. The van der Waals surface area contributed by atoms with Gasteiger partial charge < -0.3 is 15.5 Å². The van der Waals surface area contributed by atoms with Gasteiger partial charge in [-0.05, 0) is 31.0 Å². The number of carboxylic acid groups (broad SMARTS) is 1. The van der Waals surface area contributed by atoms with Gasteiger partial charge in [-0.1, -0.05) is 19.1 Å². The third kappa shape index (κ3) is 4.28. The molecule has 1 unspecified atom stereocenters. The van der Waals surface area contributed by atoms with Gasteiger partial charge in [-0.25, -0.2) is 0 Å². The van der Waals surface area contributed by atoms with Crippen LogP contribution in [0.3, 0.4) is 0 Å². The van der Waals surface area contributed by atoms with Crippen LogP contribution in [-0.4, -0.2) is 28.6 Å². The highest BCUT2D eigenvalue weighted by molar-refractivity contribution is 5.80. The Kier molecular flexibility index (Phi) is 4.92. The second kappa shape index (κ2) is 6.22. The first kappa shape index (κ1) is 15.0. The fraction of sp³-hybridized carbons (Fsp3) is 0.429. The van der Waals surface area contributed by atoms with E-state index in [-0.39, 0.29) is 24.6 Å². The molecule has 104 valence electrons. The summed E-state index contributed by atoms with van der Waals surface area (Å²) in [6.45, 7) is 3.47. The molecule has 0 saturated carbocycles. The Labute approximate surface area is 112 Å². The van der Waals surface area contributed by atoms with Crippen LogP contribution in [0.5, 0.6) is 5.75 Å². The van der Waals surface area contributed by atoms with Gasteiger partial charge in [0.25, 0.3) is 0 Å². The molecule has 5 heteroatoms. The van der Waals surface area contributed by atoms with Crippen molar-refractivity contribution in [2.24, 2.45) is 5.41 Å². The molecule has 0 bridgehead atoms. The van der Waals surface area contributed by atoms with E-state index in [9.17, 15) is 14.7 Å². The fourth-order valence-corrected chi connectivity index (χ4v) is 1.56. The largest absolute Gasteiger partial charge is 0.508 e. The second-order valence-electron chi connectivity index (χ2n) is 4.84. The van der Waals surface area contributed by atoms with Crippen LogP contribution in [0.2, 0.25) is 0 Å². The highest BCUT2D eigenvalue weighted by Gasteiger charge is 2.31. The van der Waals surface area contributed by atoms with Crippen molar-refractivity contribution in [3.05, 3.63) is 29.8 Å². The summed E-state index contributed by atoms with van der Waals surface area (Å²) in [5, 5.41) is 21.0. The van der Waals surface area contributed by atoms with Gasteiger partial charge in [-0.15, -0.1) is 0 Å². The molecule has 19 heavy (non-hydrogen) atoms. The lowest BCUT2D eigenvalue weighted by Gasteiger charge is -2.23. The van der Waals surface area contributed by atoms with Crippen molar-refractivity contribution < 1.29 is 19.8 Å². The zero-order valence-corrected chi connectivity index (χ0v) is 11.1. The number of phenolic OH excluding ortho intramolecular Hbond substituents is 1. The van der Waals surface area contributed by atoms with E-state index in [1.165, 1.54) is 12.1 Å². The molecule has 0 aliphatic carbocycles. The van der Waals surface area contributed by atoms with Crippen molar-refractivity contribution in [2.45, 2.75) is 26.7 Å². The van der Waals surface area contributed by atoms with E-state index in [4.69, 9.17) is 5.11 Å². The van der Waals surface area contributed by atoms with Crippen molar-refractivity contribution in [1.82, 2.24) is 5.32 Å². The molecule has 1 aromatic rings. The smallest absolute Gasteiger partial charge is 0.311 e. The molecule has 1 aromatic carbocycles. The number of phenols is 1. The molecule has 1 atom stereocenters. The van der Waals surface area contributed by atoms with Crippen LogP contribution in [0.1, 0.15) is 25.8 Å². The number of amides is 1. The minimum absolute atomic E-state index is 0.0937. The normalized spacial score (nSPS) is 13.6. The molecule has 0 heterocycles. The van der Waals surface area contributed by atoms with Crippen LogP contribution < -0.4 is 5.32 Å². The lowest BCUT2D eigenvalue weighted by Crippen LogP contribution is -2.41. The number of aromatic hydroxyl groups is 1. The van der Waals surface area contributed by atoms with Gasteiger partial charge in [-0.2, -0.15) is 0 Å². The maximum Gasteiger partial charge on any atom is 0.311 e. The molecule has 0 aromatic heterocycles. The topological polar surface area (TPSA) is 86.6 Å². The molecular formula is C14H19NO4. The summed E-state index contributed by atoms with van der Waals surface area (Å²) in [6.07, 6.45) is 0.558. The average Bonchev–Trinajstić information content (AvgIpc) is 2.35. The Balaban J connectivity index is 2.55. The van der Waals surface area contributed by atoms with Crippen LogP contribution in [0.4, 0.5) is 0 Å². The third-order valence-electron chi connectivity index (χ3n) is 3.25. The number of hydrogen-bond donors (Lipinski definition) is 3. The Morgan fingerprint density at radius 1 is 1.37 bits per heavy atom. The van der Waals surface area contributed by atoms with Crippen molar-refractivity contribution in [1.29, 1.82) is 0 Å². The number of benzene rings is 1. The van der Waals surface area contributed by atoms with Gasteiger partial charge in [0.1, 0.15) is 5.75 Å². The number of rotatable bonds is 6. The minimum atomic E-state index is -0.950. The van der Waals surface area contributed by atoms with E-state index in [0.29, 0.717) is 12.0 Å². The van der Waals surface area contributed by atoms with Crippen molar-refractivity contribution in [3.8, 4) is 5.75 Å². The van der Waals surface area contributed by atoms with E-state index in [1.54, 1.807) is 26.0 Å². The number of carbonyl (C=O) groups excluding carboxylic acids is 1. The third-order valence-corrected chi connectivity index (χ3v) is 3.25. The maximum atomic E-state index is 11.7. The van der Waals surface area contributed by atoms with Gasteiger partial charge in [0.05, 0.1) is 11.8 Å². The van der Waals surface area contributed by atoms with E-state index < -0.39 is 11.4 Å². The van der Waals surface area contributed by atoms with E-state index in [2.05, 4.69) is 5.32 Å². The standard InChI is InChI=1S/C14H19NO4/c1-3-14(2,13(18)19)9-15-12(17)8-10-5-4-6-11(16)7-10/h4-7,16H,3,8-9H2,1-2H3,(H,15,17)(H,18,19). The molecule has 5 nitrogen and oxygen atoms in total. The lowest BCUT2D eigenvalue weighted by atomic mass is 9.87. The predicted molar refractivity (Wildman–Crippen MR) is 70.9 cm³/mol. The van der Waals surface area contributed by atoms with E-state index in [0.717, 1.165) is 0 Å². The Morgan fingerprint density at radius 3 is 2.58 bits per heavy atom. The highest BCUT2D eigenvalue weighted by atomic mass is 16.4. The first-order valence-electron chi connectivity index (χ1n) is 6.15. The average molecular weight is 265 g/mol. The first-order chi connectivity index (χ1) is 8.87. The summed E-state index contributed by atoms with van der Waals surface area (Å²) < 4.78 is 0. The van der Waals surface area contributed by atoms with Gasteiger partial charge in [0.2, 0.25) is 5.91 Å². The number of aliphatic carboxylic acids is 1. The van der Waals surface area contributed by atoms with Crippen molar-refractivity contribution >= 4 is 11.9 Å². The first-order valence-corrected chi connectivity index (χ1v) is 6.15. The number of nitrogens with one attached hydrogen (secondary N) is 1. The molecule has 1 rings (SSSR count). The van der Waals surface area contributed by atoms with Crippen LogP contribution in [-0.2, 0) is 16.0 Å². The number of hydrogen-bond acceptors (Lipinski definition) is 3. The summed E-state index contributed by atoms with van der Waals surface area (Å²) in [5.74, 6) is -1.08. The Morgan fingerprint density at radius 2 is 2.05 bits per heavy atom. The zero-order valence-electron chi connectivity index (χ0n) is 11.1. The summed E-state index contributed by atoms with van der Waals surface area (Å²) >= 11 is 0. The summed E-state index contributed by atoms with van der Waals surface area (Å²) in [5.41, 5.74) is -0.264. The Bertz CT molecular complexity index is 472. The molecule has 0 aliphatic rings. The molecule has 0 saturated heterocycles. The summed E-state index contributed by atoms with van der Waals surface area (Å²) in [7, 11) is 0. The summed E-state index contributed by atoms with van der Waals surface area (Å²) in [6, 6.07) is 6.43. The second-order valence-corrected chi connectivity index (χ2v) is 4.84. The predicted octanol–water partition coefficient (Wildman–Crippen LogP) is 1.55. The molecule has 0 fully saturated rings. The van der Waals surface area contributed by atoms with Crippen molar-refractivity contribution in [3.63, 3.8) is 0 Å². The van der Waals surface area contributed by atoms with E-state index >= 15 is 0 Å². The quantitative estimate of drug-likeness (QED) is 0.728. The zero-order chi connectivity index (χ0) is 14.5. The fourth-order valence-electron chi connectivity index (χ4n) is 1.56. The van der Waals surface area contributed by atoms with E-state index in [1.807, 2.05) is 0 Å². The van der Waals surface area contributed by atoms with Gasteiger partial charge >= 0.3 is 5.97 Å². The molecule has 0 spiro atoms. The molecule has 1 amide bonds. The monoisotopic (exact) mass is 265 g/mol. The number of carboxylic acids is 1. The lowest BCUT2D eigenvalue weighted by molar-refractivity contribution is -0.148. The Hall–Kier alpha value is -2.04. The minimum Gasteiger partial charge on any atom is -0.508 e. The van der Waals surface area contributed by atoms with Crippen LogP contribution in [0, 0.1) is 5.41 Å². The molecule has 3 N–H and O–H groups in total. The van der Waals surface area contributed by atoms with Gasteiger partial charge in [0.15, 0.2) is 0 Å².